The van der Waals surface area contributed by atoms with Crippen molar-refractivity contribution in [2.45, 2.75) is 78.2 Å². The van der Waals surface area contributed by atoms with E-state index in [-0.39, 0.29) is 6.10 Å². The fourth-order valence-electron chi connectivity index (χ4n) is 3.82. The summed E-state index contributed by atoms with van der Waals surface area (Å²) in [6.45, 7) is 6.52. The second kappa shape index (κ2) is 12.3. The summed E-state index contributed by atoms with van der Waals surface area (Å²) in [6, 6.07) is 26.7. The number of rotatable bonds is 12. The fourth-order valence-corrected chi connectivity index (χ4v) is 3.82. The van der Waals surface area contributed by atoms with Gasteiger partial charge in [0.05, 0.1) is 6.10 Å². The molecule has 0 saturated heterocycles. The first kappa shape index (κ1) is 23.1. The molecule has 1 heteroatoms. The molecule has 0 aliphatic carbocycles. The van der Waals surface area contributed by atoms with Crippen LogP contribution in [-0.4, -0.2) is 6.10 Å². The van der Waals surface area contributed by atoms with Crippen molar-refractivity contribution < 1.29 is 4.74 Å². The second-order valence-electron chi connectivity index (χ2n) is 8.69. The highest BCUT2D eigenvalue weighted by atomic mass is 16.5. The number of hydrogen-bond acceptors (Lipinski definition) is 1. The molecule has 0 saturated carbocycles. The zero-order valence-corrected chi connectivity index (χ0v) is 19.6. The number of benzene rings is 3. The van der Waals surface area contributed by atoms with Crippen LogP contribution < -0.4 is 4.74 Å². The van der Waals surface area contributed by atoms with Gasteiger partial charge in [-0.25, -0.2) is 0 Å². The topological polar surface area (TPSA) is 9.23 Å². The Bertz CT molecular complexity index is 875. The van der Waals surface area contributed by atoms with Crippen LogP contribution in [0.1, 0.15) is 69.6 Å². The first-order valence-corrected chi connectivity index (χ1v) is 12.1. The Morgan fingerprint density at radius 1 is 0.581 bits per heavy atom. The van der Waals surface area contributed by atoms with E-state index in [0.717, 1.165) is 25.0 Å². The van der Waals surface area contributed by atoms with Crippen molar-refractivity contribution in [2.24, 2.45) is 0 Å². The molecule has 0 radical (unpaired) electrons. The van der Waals surface area contributed by atoms with Gasteiger partial charge in [-0.05, 0) is 79.0 Å². The highest BCUT2D eigenvalue weighted by molar-refractivity contribution is 5.64. The van der Waals surface area contributed by atoms with Gasteiger partial charge in [0.25, 0.3) is 0 Å². The Hall–Kier alpha value is -2.54. The van der Waals surface area contributed by atoms with Crippen molar-refractivity contribution in [2.75, 3.05) is 0 Å². The Kier molecular flexibility index (Phi) is 9.21. The van der Waals surface area contributed by atoms with E-state index in [2.05, 4.69) is 93.6 Å². The smallest absolute Gasteiger partial charge is 0.119 e. The Morgan fingerprint density at radius 2 is 1.06 bits per heavy atom. The summed E-state index contributed by atoms with van der Waals surface area (Å²) in [5.74, 6) is 0.946. The predicted octanol–water partition coefficient (Wildman–Crippen LogP) is 8.44. The van der Waals surface area contributed by atoms with Gasteiger partial charge in [-0.15, -0.1) is 0 Å². The van der Waals surface area contributed by atoms with Gasteiger partial charge in [-0.2, -0.15) is 0 Å². The lowest BCUT2D eigenvalue weighted by atomic mass is 9.99. The highest BCUT2D eigenvalue weighted by Crippen LogP contribution is 2.24. The molecule has 0 aliphatic heterocycles. The molecule has 164 valence electrons. The molecule has 3 rings (SSSR count). The largest absolute Gasteiger partial charge is 0.491 e. The van der Waals surface area contributed by atoms with E-state index in [9.17, 15) is 0 Å². The molecular weight excluding hydrogens is 376 g/mol. The SMILES string of the molecule is CCCCCCc1ccc(CCc2ccc(-c3ccc(OC(C)CC)cc3)cc2)cc1. The highest BCUT2D eigenvalue weighted by Gasteiger charge is 2.03. The van der Waals surface area contributed by atoms with E-state index in [4.69, 9.17) is 4.74 Å². The van der Waals surface area contributed by atoms with Crippen LogP contribution in [0.15, 0.2) is 72.8 Å². The zero-order valence-electron chi connectivity index (χ0n) is 19.6. The maximum atomic E-state index is 5.88. The summed E-state index contributed by atoms with van der Waals surface area (Å²) in [7, 11) is 0. The first-order chi connectivity index (χ1) is 15.2. The minimum Gasteiger partial charge on any atom is -0.491 e. The average molecular weight is 415 g/mol. The Morgan fingerprint density at radius 3 is 1.58 bits per heavy atom. The molecule has 0 heterocycles. The van der Waals surface area contributed by atoms with Crippen LogP contribution in [0, 0.1) is 0 Å². The average Bonchev–Trinajstić information content (AvgIpc) is 2.82. The van der Waals surface area contributed by atoms with Crippen molar-refractivity contribution >= 4 is 0 Å². The molecule has 31 heavy (non-hydrogen) atoms. The quantitative estimate of drug-likeness (QED) is 0.270. The number of aryl methyl sites for hydroxylation is 3. The van der Waals surface area contributed by atoms with Crippen LogP contribution in [0.4, 0.5) is 0 Å². The van der Waals surface area contributed by atoms with Crippen molar-refractivity contribution in [3.05, 3.63) is 89.5 Å². The summed E-state index contributed by atoms with van der Waals surface area (Å²) in [6.07, 6.45) is 9.99. The zero-order chi connectivity index (χ0) is 21.9. The molecule has 0 fully saturated rings. The van der Waals surface area contributed by atoms with E-state index in [1.165, 1.54) is 59.9 Å². The maximum Gasteiger partial charge on any atom is 0.119 e. The van der Waals surface area contributed by atoms with Crippen molar-refractivity contribution in [3.63, 3.8) is 0 Å². The minimum absolute atomic E-state index is 0.257. The van der Waals surface area contributed by atoms with E-state index in [1.54, 1.807) is 0 Å². The van der Waals surface area contributed by atoms with Gasteiger partial charge in [0.1, 0.15) is 5.75 Å². The lowest BCUT2D eigenvalue weighted by Crippen LogP contribution is -2.09. The van der Waals surface area contributed by atoms with E-state index in [1.807, 2.05) is 0 Å². The summed E-state index contributed by atoms with van der Waals surface area (Å²) in [5, 5.41) is 0. The number of unbranched alkanes of at least 4 members (excludes halogenated alkanes) is 3. The van der Waals surface area contributed by atoms with E-state index in [0.29, 0.717) is 0 Å². The molecule has 3 aromatic rings. The summed E-state index contributed by atoms with van der Waals surface area (Å²) < 4.78 is 5.88. The van der Waals surface area contributed by atoms with Gasteiger partial charge in [0, 0.05) is 0 Å². The third kappa shape index (κ3) is 7.58. The fraction of sp³-hybridized carbons (Fsp3) is 0.400. The van der Waals surface area contributed by atoms with Crippen LogP contribution in [0.2, 0.25) is 0 Å². The lowest BCUT2D eigenvalue weighted by Gasteiger charge is -2.13. The minimum atomic E-state index is 0.257. The van der Waals surface area contributed by atoms with Crippen LogP contribution >= 0.6 is 0 Å². The number of hydrogen-bond donors (Lipinski definition) is 0. The lowest BCUT2D eigenvalue weighted by molar-refractivity contribution is 0.217. The molecule has 0 spiro atoms. The third-order valence-corrected chi connectivity index (χ3v) is 6.10. The van der Waals surface area contributed by atoms with Crippen molar-refractivity contribution in [1.29, 1.82) is 0 Å². The first-order valence-electron chi connectivity index (χ1n) is 12.1. The summed E-state index contributed by atoms with van der Waals surface area (Å²) >= 11 is 0. The van der Waals surface area contributed by atoms with Gasteiger partial charge in [0.15, 0.2) is 0 Å². The summed E-state index contributed by atoms with van der Waals surface area (Å²) in [5.41, 5.74) is 6.79. The molecule has 3 aromatic carbocycles. The van der Waals surface area contributed by atoms with Crippen LogP contribution in [0.25, 0.3) is 11.1 Å². The Balaban J connectivity index is 1.49. The summed E-state index contributed by atoms with van der Waals surface area (Å²) in [4.78, 5) is 0. The van der Waals surface area contributed by atoms with Crippen LogP contribution in [-0.2, 0) is 19.3 Å². The standard InChI is InChI=1S/C30H38O/c1-4-6-7-8-9-25-10-12-26(13-11-25)14-15-27-16-18-28(19-17-27)29-20-22-30(23-21-29)31-24(3)5-2/h10-13,16-24H,4-9,14-15H2,1-3H3. The van der Waals surface area contributed by atoms with E-state index >= 15 is 0 Å². The van der Waals surface area contributed by atoms with Gasteiger partial charge in [0.2, 0.25) is 0 Å². The monoisotopic (exact) mass is 414 g/mol. The second-order valence-corrected chi connectivity index (χ2v) is 8.69. The molecule has 1 atom stereocenters. The normalized spacial score (nSPS) is 12.0. The third-order valence-electron chi connectivity index (χ3n) is 6.10. The van der Waals surface area contributed by atoms with Gasteiger partial charge in [-0.3, -0.25) is 0 Å². The Labute approximate surface area is 189 Å². The molecule has 1 unspecified atom stereocenters. The van der Waals surface area contributed by atoms with Gasteiger partial charge >= 0.3 is 0 Å². The predicted molar refractivity (Wildman–Crippen MR) is 134 cm³/mol. The molecule has 1 nitrogen and oxygen atoms in total. The molecular formula is C30H38O. The molecule has 0 aliphatic rings. The van der Waals surface area contributed by atoms with Crippen LogP contribution in [0.5, 0.6) is 5.75 Å². The molecule has 0 bridgehead atoms. The van der Waals surface area contributed by atoms with Crippen molar-refractivity contribution in [1.82, 2.24) is 0 Å². The molecule has 0 N–H and O–H groups in total. The number of ether oxygens (including phenoxy) is 1. The van der Waals surface area contributed by atoms with E-state index < -0.39 is 0 Å². The van der Waals surface area contributed by atoms with Gasteiger partial charge in [-0.1, -0.05) is 93.8 Å². The molecule has 0 aromatic heterocycles. The maximum absolute atomic E-state index is 5.88. The van der Waals surface area contributed by atoms with Crippen LogP contribution in [0.3, 0.4) is 0 Å². The van der Waals surface area contributed by atoms with Crippen molar-refractivity contribution in [3.8, 4) is 16.9 Å². The van der Waals surface area contributed by atoms with Gasteiger partial charge < -0.3 is 4.74 Å². The molecule has 0 amide bonds.